The maximum absolute atomic E-state index is 12.2. The molecule has 0 saturated heterocycles. The lowest BCUT2D eigenvalue weighted by Gasteiger charge is -2.21. The molecule has 0 aliphatic rings. The fourth-order valence-corrected chi connectivity index (χ4v) is 3.57. The van der Waals surface area contributed by atoms with Crippen LogP contribution in [0.25, 0.3) is 0 Å². The molecule has 0 aliphatic carbocycles. The Morgan fingerprint density at radius 2 is 1.81 bits per heavy atom. The number of benzene rings is 1. The van der Waals surface area contributed by atoms with Crippen molar-refractivity contribution in [3.63, 3.8) is 0 Å². The van der Waals surface area contributed by atoms with Crippen LogP contribution in [0.15, 0.2) is 23.1 Å². The van der Waals surface area contributed by atoms with Crippen LogP contribution in [0.4, 0.5) is 0 Å². The van der Waals surface area contributed by atoms with E-state index < -0.39 is 21.0 Å². The second-order valence-electron chi connectivity index (χ2n) is 6.78. The van der Waals surface area contributed by atoms with Crippen LogP contribution in [-0.2, 0) is 16.4 Å². The number of nitrogens with zero attached hydrogens (tertiary/aromatic N) is 1. The number of halogens is 1. The number of nitriles is 1. The Bertz CT molecular complexity index is 668. The van der Waals surface area contributed by atoms with E-state index >= 15 is 0 Å². The Morgan fingerprint density at radius 3 is 2.24 bits per heavy atom. The average molecular weight is 329 g/mol. The van der Waals surface area contributed by atoms with Gasteiger partial charge in [-0.2, -0.15) is 5.26 Å². The molecule has 0 aromatic heterocycles. The summed E-state index contributed by atoms with van der Waals surface area (Å²) in [5.41, 5.74) is -0.349. The highest BCUT2D eigenvalue weighted by Crippen LogP contribution is 2.28. The molecule has 116 valence electrons. The van der Waals surface area contributed by atoms with E-state index in [4.69, 9.17) is 16.9 Å². The summed E-state index contributed by atoms with van der Waals surface area (Å²) in [5, 5.41) is 9.42. The number of nitrogens with one attached hydrogen (secondary N) is 1. The molecule has 0 amide bonds. The maximum Gasteiger partial charge on any atom is 0.241 e. The highest BCUT2D eigenvalue weighted by atomic mass is 35.5. The normalized spacial score (nSPS) is 13.0. The monoisotopic (exact) mass is 328 g/mol. The van der Waals surface area contributed by atoms with Crippen molar-refractivity contribution >= 4 is 21.6 Å². The van der Waals surface area contributed by atoms with E-state index in [1.807, 2.05) is 13.8 Å². The van der Waals surface area contributed by atoms with Gasteiger partial charge in [0.1, 0.15) is 0 Å². The fraction of sp³-hybridized carbons (Fsp3) is 0.533. The van der Waals surface area contributed by atoms with E-state index in [1.54, 1.807) is 26.8 Å². The Labute approximate surface area is 132 Å². The van der Waals surface area contributed by atoms with E-state index in [2.05, 4.69) is 10.8 Å². The smallest absolute Gasteiger partial charge is 0.207 e. The molecular weight excluding hydrogens is 308 g/mol. The van der Waals surface area contributed by atoms with Crippen LogP contribution < -0.4 is 4.72 Å². The molecule has 0 aliphatic heterocycles. The standard InChI is InChI=1S/C15H21ClN2O2S/c1-14(2,3)18-21(19,20)12-7-6-11(13(16)8-12)9-15(4,5)10-17/h6-8,18H,9H2,1-5H3. The van der Waals surface area contributed by atoms with Gasteiger partial charge in [0.15, 0.2) is 0 Å². The molecule has 1 N–H and O–H groups in total. The summed E-state index contributed by atoms with van der Waals surface area (Å²) in [6.07, 6.45) is 0.468. The third-order valence-corrected chi connectivity index (χ3v) is 4.82. The Hall–Kier alpha value is -1.09. The van der Waals surface area contributed by atoms with Crippen molar-refractivity contribution in [3.05, 3.63) is 28.8 Å². The molecule has 21 heavy (non-hydrogen) atoms. The van der Waals surface area contributed by atoms with Crippen molar-refractivity contribution < 1.29 is 8.42 Å². The summed E-state index contributed by atoms with van der Waals surface area (Å²) in [7, 11) is -3.61. The molecule has 0 heterocycles. The number of sulfonamides is 1. The molecule has 0 fully saturated rings. The topological polar surface area (TPSA) is 70.0 Å². The number of hydrogen-bond donors (Lipinski definition) is 1. The van der Waals surface area contributed by atoms with Crippen molar-refractivity contribution in [1.82, 2.24) is 4.72 Å². The largest absolute Gasteiger partial charge is 0.241 e. The van der Waals surface area contributed by atoms with Gasteiger partial charge in [0, 0.05) is 10.6 Å². The number of hydrogen-bond acceptors (Lipinski definition) is 3. The summed E-state index contributed by atoms with van der Waals surface area (Å²) >= 11 is 6.17. The molecule has 0 radical (unpaired) electrons. The third-order valence-electron chi connectivity index (χ3n) is 2.71. The van der Waals surface area contributed by atoms with E-state index in [0.717, 1.165) is 5.56 Å². The van der Waals surface area contributed by atoms with Crippen molar-refractivity contribution in [3.8, 4) is 6.07 Å². The van der Waals surface area contributed by atoms with Gasteiger partial charge in [-0.25, -0.2) is 13.1 Å². The zero-order valence-electron chi connectivity index (χ0n) is 13.0. The van der Waals surface area contributed by atoms with Gasteiger partial charge in [0.05, 0.1) is 16.4 Å². The average Bonchev–Trinajstić information content (AvgIpc) is 2.28. The van der Waals surface area contributed by atoms with Crippen LogP contribution in [0.2, 0.25) is 5.02 Å². The van der Waals surface area contributed by atoms with Gasteiger partial charge in [-0.15, -0.1) is 0 Å². The first-order valence-electron chi connectivity index (χ1n) is 6.60. The summed E-state index contributed by atoms with van der Waals surface area (Å²) < 4.78 is 27.0. The lowest BCUT2D eigenvalue weighted by Crippen LogP contribution is -2.40. The first-order valence-corrected chi connectivity index (χ1v) is 8.46. The first-order chi connectivity index (χ1) is 9.36. The molecule has 0 bridgehead atoms. The van der Waals surface area contributed by atoms with E-state index in [-0.39, 0.29) is 4.90 Å². The lowest BCUT2D eigenvalue weighted by atomic mass is 9.87. The van der Waals surface area contributed by atoms with Crippen LogP contribution in [0.5, 0.6) is 0 Å². The van der Waals surface area contributed by atoms with Crippen molar-refractivity contribution in [2.24, 2.45) is 5.41 Å². The summed E-state index contributed by atoms with van der Waals surface area (Å²) in [6.45, 7) is 8.95. The highest BCUT2D eigenvalue weighted by molar-refractivity contribution is 7.89. The maximum atomic E-state index is 12.2. The van der Waals surface area contributed by atoms with Crippen LogP contribution >= 0.6 is 11.6 Å². The van der Waals surface area contributed by atoms with Crippen molar-refractivity contribution in [2.45, 2.75) is 51.5 Å². The Kier molecular flexibility index (Phi) is 5.09. The molecule has 0 atom stereocenters. The minimum Gasteiger partial charge on any atom is -0.207 e. The fourth-order valence-electron chi connectivity index (χ4n) is 1.82. The second kappa shape index (κ2) is 5.96. The third kappa shape index (κ3) is 5.31. The van der Waals surface area contributed by atoms with Gasteiger partial charge < -0.3 is 0 Å². The van der Waals surface area contributed by atoms with Gasteiger partial charge in [-0.1, -0.05) is 17.7 Å². The minimum atomic E-state index is -3.61. The zero-order chi connectivity index (χ0) is 16.5. The van der Waals surface area contributed by atoms with E-state index in [9.17, 15) is 8.42 Å². The summed E-state index contributed by atoms with van der Waals surface area (Å²) in [4.78, 5) is 0.126. The quantitative estimate of drug-likeness (QED) is 0.919. The van der Waals surface area contributed by atoms with Gasteiger partial charge in [-0.3, -0.25) is 0 Å². The Balaban J connectivity index is 3.12. The van der Waals surface area contributed by atoms with Crippen LogP contribution in [-0.4, -0.2) is 14.0 Å². The van der Waals surface area contributed by atoms with Crippen molar-refractivity contribution in [2.75, 3.05) is 0 Å². The molecule has 1 aromatic carbocycles. The van der Waals surface area contributed by atoms with E-state index in [1.165, 1.54) is 12.1 Å². The van der Waals surface area contributed by atoms with Crippen LogP contribution in [0.3, 0.4) is 0 Å². The molecule has 1 rings (SSSR count). The van der Waals surface area contributed by atoms with Gasteiger partial charge >= 0.3 is 0 Å². The molecule has 4 nitrogen and oxygen atoms in total. The number of rotatable bonds is 4. The summed E-state index contributed by atoms with van der Waals surface area (Å²) in [5.74, 6) is 0. The first kappa shape index (κ1) is 18.0. The highest BCUT2D eigenvalue weighted by Gasteiger charge is 2.24. The second-order valence-corrected chi connectivity index (χ2v) is 8.87. The van der Waals surface area contributed by atoms with Crippen molar-refractivity contribution in [1.29, 1.82) is 5.26 Å². The molecule has 0 spiro atoms. The Morgan fingerprint density at radius 1 is 1.24 bits per heavy atom. The molecular formula is C15H21ClN2O2S. The molecule has 0 unspecified atom stereocenters. The molecule has 1 aromatic rings. The van der Waals surface area contributed by atoms with Crippen LogP contribution in [0, 0.1) is 16.7 Å². The lowest BCUT2D eigenvalue weighted by molar-refractivity contribution is 0.490. The van der Waals surface area contributed by atoms with Gasteiger partial charge in [-0.05, 0) is 58.7 Å². The SMILES string of the molecule is CC(C)(C#N)Cc1ccc(S(=O)(=O)NC(C)(C)C)cc1Cl. The summed E-state index contributed by atoms with van der Waals surface area (Å²) in [6, 6.07) is 6.81. The minimum absolute atomic E-state index is 0.126. The molecule has 0 saturated carbocycles. The zero-order valence-corrected chi connectivity index (χ0v) is 14.6. The van der Waals surface area contributed by atoms with E-state index in [0.29, 0.717) is 11.4 Å². The predicted octanol–water partition coefficient (Wildman–Crippen LogP) is 3.51. The molecule has 6 heteroatoms. The van der Waals surface area contributed by atoms with Gasteiger partial charge in [0.2, 0.25) is 10.0 Å². The van der Waals surface area contributed by atoms with Gasteiger partial charge in [0.25, 0.3) is 0 Å². The predicted molar refractivity (Wildman–Crippen MR) is 84.6 cm³/mol. The van der Waals surface area contributed by atoms with Crippen LogP contribution in [0.1, 0.15) is 40.2 Å².